The first kappa shape index (κ1) is 24.6. The molecule has 21 heavy (non-hydrogen) atoms. The van der Waals surface area contributed by atoms with Gasteiger partial charge in [0, 0.05) is 21.3 Å². The second kappa shape index (κ2) is 12.3. The molecular weight excluding hydrogens is 318 g/mol. The van der Waals surface area contributed by atoms with Gasteiger partial charge in [-0.25, -0.2) is 4.79 Å². The molecule has 0 aromatic carbocycles. The zero-order valence-corrected chi connectivity index (χ0v) is 11.4. The minimum atomic E-state index is -4.85. The number of methoxy groups -OCH3 is 4. The van der Waals surface area contributed by atoms with Crippen LogP contribution >= 0.6 is 0 Å². The maximum absolute atomic E-state index is 11.0. The topological polar surface area (TPSA) is 71.1 Å². The Morgan fingerprint density at radius 2 is 1.19 bits per heavy atom. The van der Waals surface area contributed by atoms with Crippen molar-refractivity contribution in [3.05, 3.63) is 0 Å². The van der Waals surface area contributed by atoms with Gasteiger partial charge in [-0.1, -0.05) is 0 Å². The lowest BCUT2D eigenvalue weighted by Gasteiger charge is -2.08. The van der Waals surface area contributed by atoms with E-state index in [1.807, 2.05) is 0 Å². The van der Waals surface area contributed by atoms with Gasteiger partial charge in [0.05, 0.1) is 7.11 Å². The minimum absolute atomic E-state index is 0.514. The highest BCUT2D eigenvalue weighted by molar-refractivity contribution is 5.75. The number of rotatable bonds is 3. The summed E-state index contributed by atoms with van der Waals surface area (Å²) in [6.45, 7) is -0.514. The van der Waals surface area contributed by atoms with E-state index in [1.165, 1.54) is 21.3 Å². The van der Waals surface area contributed by atoms with Crippen LogP contribution in [0.2, 0.25) is 0 Å². The van der Waals surface area contributed by atoms with Crippen LogP contribution in [-0.4, -0.2) is 59.5 Å². The Hall–Kier alpha value is -1.40. The molecule has 0 heterocycles. The van der Waals surface area contributed by atoms with Gasteiger partial charge < -0.3 is 18.9 Å². The van der Waals surface area contributed by atoms with Crippen LogP contribution < -0.4 is 0 Å². The molecule has 0 aliphatic carbocycles. The number of hydrogen-bond donors (Lipinski definition) is 0. The number of esters is 1. The van der Waals surface area contributed by atoms with Crippen molar-refractivity contribution in [3.63, 3.8) is 0 Å². The van der Waals surface area contributed by atoms with Crippen molar-refractivity contribution in [1.82, 2.24) is 0 Å². The Bertz CT molecular complexity index is 267. The molecule has 0 atom stereocenters. The maximum Gasteiger partial charge on any atom is 0.490 e. The summed E-state index contributed by atoms with van der Waals surface area (Å²) in [4.78, 5) is 18.2. The highest BCUT2D eigenvalue weighted by atomic mass is 19.4. The summed E-state index contributed by atoms with van der Waals surface area (Å²) in [6.07, 6.45) is -10.6. The summed E-state index contributed by atoms with van der Waals surface area (Å²) in [5.41, 5.74) is 0. The molecule has 12 heteroatoms. The van der Waals surface area contributed by atoms with Gasteiger partial charge >= 0.3 is 18.3 Å². The summed E-state index contributed by atoms with van der Waals surface area (Å²) < 4.78 is 81.3. The van der Waals surface area contributed by atoms with Crippen LogP contribution in [0.5, 0.6) is 0 Å². The first-order valence-corrected chi connectivity index (χ1v) is 4.66. The molecule has 0 fully saturated rings. The van der Waals surface area contributed by atoms with Crippen molar-refractivity contribution >= 4 is 12.3 Å². The lowest BCUT2D eigenvalue weighted by Crippen LogP contribution is -2.23. The molecule has 0 bridgehead atoms. The smallest absolute Gasteiger partial charge is 0.462 e. The number of alkyl halides is 6. The summed E-state index contributed by atoms with van der Waals surface area (Å²) in [6, 6.07) is 0. The molecule has 0 aliphatic heterocycles. The maximum atomic E-state index is 11.0. The molecule has 0 unspecified atom stereocenters. The lowest BCUT2D eigenvalue weighted by atomic mass is 10.7. The predicted molar refractivity (Wildman–Crippen MR) is 55.0 cm³/mol. The predicted octanol–water partition coefficient (Wildman–Crippen LogP) is 1.68. The minimum Gasteiger partial charge on any atom is -0.462 e. The van der Waals surface area contributed by atoms with E-state index >= 15 is 0 Å². The number of carbonyl (C=O) groups is 2. The van der Waals surface area contributed by atoms with E-state index in [-0.39, 0.29) is 0 Å². The summed E-state index contributed by atoms with van der Waals surface area (Å²) in [5, 5.41) is 0. The van der Waals surface area contributed by atoms with Gasteiger partial charge in [-0.05, 0) is 0 Å². The molecule has 6 nitrogen and oxygen atoms in total. The van der Waals surface area contributed by atoms with E-state index in [4.69, 9.17) is 4.79 Å². The van der Waals surface area contributed by atoms with Crippen LogP contribution in [0, 0.1) is 0 Å². The van der Waals surface area contributed by atoms with Gasteiger partial charge in [0.25, 0.3) is 6.48 Å². The Morgan fingerprint density at radius 1 is 0.905 bits per heavy atom. The molecule has 0 rings (SSSR count). The van der Waals surface area contributed by atoms with Crippen LogP contribution in [0.4, 0.5) is 26.3 Å². The van der Waals surface area contributed by atoms with Gasteiger partial charge in [-0.3, -0.25) is 4.79 Å². The van der Waals surface area contributed by atoms with Crippen molar-refractivity contribution in [2.45, 2.75) is 18.8 Å². The molecular formula is C9H14F6O6. The van der Waals surface area contributed by atoms with Crippen LogP contribution in [-0.2, 0) is 28.5 Å². The molecule has 128 valence electrons. The second-order valence-corrected chi connectivity index (χ2v) is 2.64. The highest BCUT2D eigenvalue weighted by Crippen LogP contribution is 2.15. The molecule has 0 radical (unpaired) electrons. The Kier molecular flexibility index (Phi) is 14.5. The normalized spacial score (nSPS) is 10.8. The van der Waals surface area contributed by atoms with Crippen molar-refractivity contribution in [3.8, 4) is 0 Å². The first-order chi connectivity index (χ1) is 9.39. The van der Waals surface area contributed by atoms with E-state index in [1.54, 1.807) is 0 Å². The molecule has 0 saturated heterocycles. The molecule has 0 aromatic rings. The Balaban J connectivity index is -0.000000234. The summed E-state index contributed by atoms with van der Waals surface area (Å²) in [7, 11) is 5.21. The molecule has 0 saturated carbocycles. The van der Waals surface area contributed by atoms with Crippen LogP contribution in [0.25, 0.3) is 0 Å². The quantitative estimate of drug-likeness (QED) is 0.339. The number of ether oxygens (including phenoxy) is 4. The fourth-order valence-corrected chi connectivity index (χ4v) is 0.404. The van der Waals surface area contributed by atoms with Gasteiger partial charge in [0.15, 0.2) is 0 Å². The monoisotopic (exact) mass is 332 g/mol. The average Bonchev–Trinajstić information content (AvgIpc) is 2.39. The van der Waals surface area contributed by atoms with Crippen molar-refractivity contribution in [2.75, 3.05) is 28.4 Å². The fraction of sp³-hybridized carbons (Fsp3) is 0.778. The van der Waals surface area contributed by atoms with Gasteiger partial charge in [0.2, 0.25) is 6.29 Å². The van der Waals surface area contributed by atoms with E-state index in [0.29, 0.717) is 7.11 Å². The molecule has 0 amide bonds. The molecule has 0 N–H and O–H groups in total. The first-order valence-electron chi connectivity index (χ1n) is 4.66. The molecule has 0 aromatic heterocycles. The number of aldehydes is 1. The largest absolute Gasteiger partial charge is 0.490 e. The Labute approximate surface area is 115 Å². The van der Waals surface area contributed by atoms with Crippen LogP contribution in [0.15, 0.2) is 0 Å². The van der Waals surface area contributed by atoms with E-state index in [9.17, 15) is 31.1 Å². The third-order valence-corrected chi connectivity index (χ3v) is 1.13. The van der Waals surface area contributed by atoms with E-state index in [2.05, 4.69) is 18.9 Å². The van der Waals surface area contributed by atoms with E-state index in [0.717, 1.165) is 0 Å². The van der Waals surface area contributed by atoms with Crippen LogP contribution in [0.3, 0.4) is 0 Å². The Morgan fingerprint density at radius 3 is 1.19 bits per heavy atom. The third-order valence-electron chi connectivity index (χ3n) is 1.13. The molecule has 0 aliphatic rings. The highest BCUT2D eigenvalue weighted by Gasteiger charge is 2.40. The van der Waals surface area contributed by atoms with Crippen molar-refractivity contribution in [1.29, 1.82) is 0 Å². The van der Waals surface area contributed by atoms with Gasteiger partial charge in [-0.15, -0.1) is 0 Å². The summed E-state index contributed by atoms with van der Waals surface area (Å²) in [5.74, 6) is -2.17. The van der Waals surface area contributed by atoms with Crippen molar-refractivity contribution < 1.29 is 54.9 Å². The van der Waals surface area contributed by atoms with Crippen molar-refractivity contribution in [2.24, 2.45) is 0 Å². The zero-order valence-electron chi connectivity index (χ0n) is 11.4. The number of hydrogen-bond acceptors (Lipinski definition) is 6. The number of halogens is 6. The zero-order chi connectivity index (χ0) is 17.7. The van der Waals surface area contributed by atoms with E-state index < -0.39 is 31.1 Å². The summed E-state index contributed by atoms with van der Waals surface area (Å²) >= 11 is 0. The third kappa shape index (κ3) is 21.1. The second-order valence-electron chi connectivity index (χ2n) is 2.64. The molecule has 0 spiro atoms. The lowest BCUT2D eigenvalue weighted by molar-refractivity contribution is -0.252. The van der Waals surface area contributed by atoms with Gasteiger partial charge in [0.1, 0.15) is 0 Å². The standard InChI is InChI=1S/C4H10O3.C3H3F3O2.C2HF3O/c1-5-4(6-2)7-3;1-8-2(7)3(4,5)6;3-2(4,5)1-6/h4H,1-3H3;1H3;1H. The SMILES string of the molecule is COC(=O)C(F)(F)F.COC(OC)OC.O=CC(F)(F)F. The average molecular weight is 332 g/mol. The number of carbonyl (C=O) groups excluding carboxylic acids is 2. The van der Waals surface area contributed by atoms with Gasteiger partial charge in [-0.2, -0.15) is 26.3 Å². The fourth-order valence-electron chi connectivity index (χ4n) is 0.404. The van der Waals surface area contributed by atoms with Crippen LogP contribution in [0.1, 0.15) is 0 Å².